The zero-order valence-electron chi connectivity index (χ0n) is 14.0. The van der Waals surface area contributed by atoms with Crippen LogP contribution in [0.4, 0.5) is 0 Å². The smallest absolute Gasteiger partial charge is 0.196 e. The third kappa shape index (κ3) is 2.81. The molecule has 0 N–H and O–H groups in total. The van der Waals surface area contributed by atoms with E-state index in [2.05, 4.69) is 29.3 Å². The topological polar surface area (TPSA) is 47.3 Å². The lowest BCUT2D eigenvalue weighted by Crippen LogP contribution is -2.14. The van der Waals surface area contributed by atoms with Gasteiger partial charge < -0.3 is 0 Å². The van der Waals surface area contributed by atoms with E-state index in [1.807, 2.05) is 59.9 Å². The molecule has 0 radical (unpaired) electrons. The number of fused-ring (bicyclic) bond motifs is 3. The Morgan fingerprint density at radius 1 is 1.04 bits per heavy atom. The minimum atomic E-state index is -0.241. The Morgan fingerprint density at radius 3 is 2.56 bits per heavy atom. The summed E-state index contributed by atoms with van der Waals surface area (Å²) < 4.78 is 2.03. The second-order valence-electron chi connectivity index (χ2n) is 6.01. The number of para-hydroxylation sites is 1. The van der Waals surface area contributed by atoms with Gasteiger partial charge in [0.05, 0.1) is 10.8 Å². The van der Waals surface area contributed by atoms with E-state index in [0.29, 0.717) is 0 Å². The lowest BCUT2D eigenvalue weighted by atomic mass is 10.1. The first-order valence-corrected chi connectivity index (χ1v) is 9.02. The fourth-order valence-electron chi connectivity index (χ4n) is 3.00. The van der Waals surface area contributed by atoms with E-state index in [4.69, 9.17) is 0 Å². The highest BCUT2D eigenvalue weighted by Crippen LogP contribution is 2.29. The third-order valence-electron chi connectivity index (χ3n) is 4.28. The molecule has 0 aliphatic rings. The van der Waals surface area contributed by atoms with Crippen LogP contribution in [0.1, 0.15) is 22.8 Å². The van der Waals surface area contributed by atoms with E-state index >= 15 is 0 Å². The number of benzene rings is 2. The molecule has 0 unspecified atom stereocenters. The zero-order valence-corrected chi connectivity index (χ0v) is 14.8. The summed E-state index contributed by atoms with van der Waals surface area (Å²) in [6.07, 6.45) is 0. The molecule has 4 nitrogen and oxygen atoms in total. The number of rotatable bonds is 4. The quantitative estimate of drug-likeness (QED) is 0.401. The molecule has 4 rings (SSSR count). The van der Waals surface area contributed by atoms with Crippen LogP contribution in [0, 0.1) is 6.92 Å². The molecule has 25 heavy (non-hydrogen) atoms. The summed E-state index contributed by atoms with van der Waals surface area (Å²) in [5, 5.41) is 10.3. The van der Waals surface area contributed by atoms with Crippen molar-refractivity contribution in [3.8, 4) is 0 Å². The van der Waals surface area contributed by atoms with Crippen molar-refractivity contribution < 1.29 is 4.79 Å². The third-order valence-corrected chi connectivity index (χ3v) is 5.33. The first-order chi connectivity index (χ1) is 12.1. The predicted molar refractivity (Wildman–Crippen MR) is 101 cm³/mol. The molecule has 124 valence electrons. The van der Waals surface area contributed by atoms with Gasteiger partial charge in [0, 0.05) is 10.9 Å². The summed E-state index contributed by atoms with van der Waals surface area (Å²) in [7, 11) is 0. The van der Waals surface area contributed by atoms with Crippen molar-refractivity contribution in [1.82, 2.24) is 14.6 Å². The van der Waals surface area contributed by atoms with Gasteiger partial charge in [-0.3, -0.25) is 9.20 Å². The number of pyridine rings is 1. The van der Waals surface area contributed by atoms with Gasteiger partial charge in [-0.25, -0.2) is 0 Å². The molecule has 0 saturated carbocycles. The van der Waals surface area contributed by atoms with Gasteiger partial charge in [-0.2, -0.15) is 0 Å². The van der Waals surface area contributed by atoms with E-state index in [1.54, 1.807) is 0 Å². The Balaban J connectivity index is 1.75. The molecule has 2 aromatic carbocycles. The Labute approximate surface area is 149 Å². The predicted octanol–water partition coefficient (Wildman–Crippen LogP) is 4.55. The summed E-state index contributed by atoms with van der Waals surface area (Å²) in [6, 6.07) is 19.6. The molecule has 0 saturated heterocycles. The molecule has 0 amide bonds. The van der Waals surface area contributed by atoms with Gasteiger partial charge in [-0.1, -0.05) is 60.3 Å². The molecule has 2 aromatic heterocycles. The molecule has 2 heterocycles. The van der Waals surface area contributed by atoms with Gasteiger partial charge in [-0.05, 0) is 31.5 Å². The number of carbonyl (C=O) groups is 1. The van der Waals surface area contributed by atoms with Crippen LogP contribution < -0.4 is 0 Å². The number of Topliss-reactive ketones (excluding diaryl/α,β-unsaturated/α-hetero) is 1. The molecule has 0 aliphatic carbocycles. The monoisotopic (exact) mass is 347 g/mol. The lowest BCUT2D eigenvalue weighted by Gasteiger charge is -2.11. The Hall–Kier alpha value is -2.66. The van der Waals surface area contributed by atoms with Crippen LogP contribution >= 0.6 is 11.8 Å². The summed E-state index contributed by atoms with van der Waals surface area (Å²) in [5.74, 6) is 0.0961. The molecule has 0 fully saturated rings. The Bertz CT molecular complexity index is 1070. The van der Waals surface area contributed by atoms with Gasteiger partial charge in [0.2, 0.25) is 0 Å². The highest BCUT2D eigenvalue weighted by molar-refractivity contribution is 8.00. The van der Waals surface area contributed by atoms with Crippen LogP contribution in [0.3, 0.4) is 0 Å². The van der Waals surface area contributed by atoms with Crippen LogP contribution in [0.5, 0.6) is 0 Å². The number of thioether (sulfide) groups is 1. The maximum absolute atomic E-state index is 12.6. The van der Waals surface area contributed by atoms with Crippen molar-refractivity contribution in [2.24, 2.45) is 0 Å². The van der Waals surface area contributed by atoms with Gasteiger partial charge in [-0.15, -0.1) is 10.2 Å². The number of carbonyl (C=O) groups excluding carboxylic acids is 1. The van der Waals surface area contributed by atoms with E-state index in [-0.39, 0.29) is 11.0 Å². The van der Waals surface area contributed by atoms with Gasteiger partial charge in [0.15, 0.2) is 16.6 Å². The van der Waals surface area contributed by atoms with Crippen LogP contribution in [-0.4, -0.2) is 25.6 Å². The molecular weight excluding hydrogens is 330 g/mol. The van der Waals surface area contributed by atoms with Crippen molar-refractivity contribution in [2.75, 3.05) is 0 Å². The molecule has 0 bridgehead atoms. The van der Waals surface area contributed by atoms with Gasteiger partial charge >= 0.3 is 0 Å². The molecule has 1 atom stereocenters. The van der Waals surface area contributed by atoms with Crippen LogP contribution in [0.2, 0.25) is 0 Å². The fourth-order valence-corrected chi connectivity index (χ4v) is 3.94. The number of nitrogens with zero attached hydrogens (tertiary/aromatic N) is 3. The fraction of sp³-hybridized carbons (Fsp3) is 0.150. The first-order valence-electron chi connectivity index (χ1n) is 8.14. The van der Waals surface area contributed by atoms with Crippen molar-refractivity contribution in [3.05, 3.63) is 71.8 Å². The average molecular weight is 347 g/mol. The number of ketones is 1. The Kier molecular flexibility index (Phi) is 4.01. The van der Waals surface area contributed by atoms with Crippen molar-refractivity contribution >= 4 is 34.1 Å². The van der Waals surface area contributed by atoms with Gasteiger partial charge in [0.25, 0.3) is 0 Å². The molecule has 0 aliphatic heterocycles. The summed E-state index contributed by atoms with van der Waals surface area (Å²) in [4.78, 5) is 12.6. The summed E-state index contributed by atoms with van der Waals surface area (Å²) in [5.41, 5.74) is 3.75. The summed E-state index contributed by atoms with van der Waals surface area (Å²) >= 11 is 1.44. The minimum absolute atomic E-state index is 0.0961. The number of hydrogen-bond donors (Lipinski definition) is 0. The second kappa shape index (κ2) is 6.33. The van der Waals surface area contributed by atoms with E-state index in [0.717, 1.165) is 21.9 Å². The first kappa shape index (κ1) is 15.8. The molecule has 4 aromatic rings. The lowest BCUT2D eigenvalue weighted by molar-refractivity contribution is 0.0994. The zero-order chi connectivity index (χ0) is 17.4. The Morgan fingerprint density at radius 2 is 1.76 bits per heavy atom. The largest absolute Gasteiger partial charge is 0.293 e. The van der Waals surface area contributed by atoms with Crippen LogP contribution in [0.25, 0.3) is 16.6 Å². The summed E-state index contributed by atoms with van der Waals surface area (Å²) in [6.45, 7) is 3.99. The number of hydrogen-bond acceptors (Lipinski definition) is 4. The SMILES string of the molecule is Cc1cc2nnc(S[C@H](C)C(=O)c3ccccc3)n2c2ccccc12. The number of aryl methyl sites for hydroxylation is 1. The maximum Gasteiger partial charge on any atom is 0.196 e. The van der Waals surface area contributed by atoms with E-state index in [1.165, 1.54) is 22.7 Å². The van der Waals surface area contributed by atoms with E-state index < -0.39 is 0 Å². The highest BCUT2D eigenvalue weighted by atomic mass is 32.2. The molecule has 5 heteroatoms. The highest BCUT2D eigenvalue weighted by Gasteiger charge is 2.20. The maximum atomic E-state index is 12.6. The number of aromatic nitrogens is 3. The minimum Gasteiger partial charge on any atom is -0.293 e. The van der Waals surface area contributed by atoms with Crippen LogP contribution in [0.15, 0.2) is 65.8 Å². The average Bonchev–Trinajstić information content (AvgIpc) is 3.04. The second-order valence-corrected chi connectivity index (χ2v) is 7.32. The van der Waals surface area contributed by atoms with Crippen LogP contribution in [-0.2, 0) is 0 Å². The molecular formula is C20H17N3OS. The molecule has 0 spiro atoms. The normalized spacial score (nSPS) is 12.6. The van der Waals surface area contributed by atoms with Crippen molar-refractivity contribution in [3.63, 3.8) is 0 Å². The van der Waals surface area contributed by atoms with Gasteiger partial charge in [0.1, 0.15) is 0 Å². The van der Waals surface area contributed by atoms with Crippen molar-refractivity contribution in [1.29, 1.82) is 0 Å². The standard InChI is InChI=1S/C20H17N3OS/c1-13-12-18-21-22-20(23(18)17-11-7-6-10-16(13)17)25-14(2)19(24)15-8-4-3-5-9-15/h3-12,14H,1-2H3/t14-/m1/s1. The van der Waals surface area contributed by atoms with Crippen molar-refractivity contribution in [2.45, 2.75) is 24.3 Å². The van der Waals surface area contributed by atoms with E-state index in [9.17, 15) is 4.79 Å².